The van der Waals surface area contributed by atoms with Crippen LogP contribution in [0.1, 0.15) is 0 Å². The fraction of sp³-hybridized carbons (Fsp3) is 0. The van der Waals surface area contributed by atoms with Gasteiger partial charge in [-0.3, -0.25) is 0 Å². The van der Waals surface area contributed by atoms with E-state index in [2.05, 4.69) is 422 Å². The maximum Gasteiger partial charge on any atom is 0.520 e. The van der Waals surface area contributed by atoms with E-state index < -0.39 is 0 Å². The number of nitrogens with zero attached hydrogens (tertiary/aromatic N) is 14. The Morgan fingerprint density at radius 2 is 0.474 bits per heavy atom. The van der Waals surface area contributed by atoms with Gasteiger partial charge in [-0.1, -0.05) is 170 Å². The second kappa shape index (κ2) is 24.4. The van der Waals surface area contributed by atoms with E-state index in [-0.39, 0.29) is 28.5 Å². The number of anilines is 24. The van der Waals surface area contributed by atoms with Crippen molar-refractivity contribution in [3.05, 3.63) is 376 Å². The molecule has 12 heterocycles. The molecule has 0 saturated heterocycles. The molecule has 0 atom stereocenters. The Labute approximate surface area is 662 Å². The van der Waals surface area contributed by atoms with Crippen LogP contribution in [0.15, 0.2) is 381 Å². The summed E-state index contributed by atoms with van der Waals surface area (Å²) in [7, 11) is -0.651. The second-order valence-electron chi connectivity index (χ2n) is 29.7. The number of pyridine rings is 2. The number of para-hydroxylation sites is 20. The van der Waals surface area contributed by atoms with E-state index in [1.54, 1.807) is 0 Å². The van der Waals surface area contributed by atoms with Crippen molar-refractivity contribution in [3.63, 3.8) is 0 Å². The van der Waals surface area contributed by atoms with Crippen LogP contribution in [0.4, 0.5) is 137 Å². The van der Waals surface area contributed by atoms with E-state index in [9.17, 15) is 0 Å². The third-order valence-corrected chi connectivity index (χ3v) is 25.0. The summed E-state index contributed by atoms with van der Waals surface area (Å²) in [4.78, 5) is 39.8. The summed E-state index contributed by atoms with van der Waals surface area (Å²) in [5, 5.41) is 4.50. The molecule has 8 aliphatic rings. The molecule has 0 spiro atoms. The highest BCUT2D eigenvalue weighted by atomic mass is 32.1. The predicted molar refractivity (Wildman–Crippen MR) is 475 cm³/mol. The largest absolute Gasteiger partial charge is 0.520 e. The third kappa shape index (κ3) is 8.84. The van der Waals surface area contributed by atoms with Gasteiger partial charge in [-0.15, -0.1) is 11.3 Å². The summed E-state index contributed by atoms with van der Waals surface area (Å²) in [5.41, 5.74) is 27.0. The van der Waals surface area contributed by atoms with Crippen molar-refractivity contribution >= 4 is 219 Å². The molecule has 532 valence electrons. The predicted octanol–water partition coefficient (Wildman–Crippen LogP) is 24.1. The molecule has 20 heteroatoms. The zero-order valence-corrected chi connectivity index (χ0v) is 62.0. The molecule has 8 aliphatic heterocycles. The maximum atomic E-state index is 6.91. The molecule has 18 aromatic rings. The highest BCUT2D eigenvalue weighted by Crippen LogP contribution is 2.62. The summed E-state index contributed by atoms with van der Waals surface area (Å²) in [6, 6.07) is 131. The van der Waals surface area contributed by atoms with Crippen molar-refractivity contribution in [3.8, 4) is 0 Å². The van der Waals surface area contributed by atoms with Gasteiger partial charge in [-0.2, -0.15) is 0 Å². The van der Waals surface area contributed by atoms with Gasteiger partial charge in [0.05, 0.1) is 95.7 Å². The highest BCUT2D eigenvalue weighted by Gasteiger charge is 2.59. The van der Waals surface area contributed by atoms with Gasteiger partial charge in [0.25, 0.3) is 0 Å². The lowest BCUT2D eigenvalue weighted by atomic mass is 9.86. The van der Waals surface area contributed by atoms with Crippen LogP contribution in [0.2, 0.25) is 0 Å². The molecule has 0 radical (unpaired) electrons. The minimum absolute atomic E-state index is 0.109. The van der Waals surface area contributed by atoms with Crippen molar-refractivity contribution in [1.29, 1.82) is 0 Å². The van der Waals surface area contributed by atoms with Crippen LogP contribution in [0.25, 0.3) is 42.1 Å². The smallest absolute Gasteiger partial charge is 0.452 e. The molecule has 0 amide bonds. The van der Waals surface area contributed by atoms with Crippen LogP contribution in [-0.2, 0) is 0 Å². The molecule has 0 saturated carbocycles. The Morgan fingerprint density at radius 1 is 0.211 bits per heavy atom. The van der Waals surface area contributed by atoms with Crippen molar-refractivity contribution in [2.45, 2.75) is 0 Å². The molecule has 26 rings (SSSR count). The van der Waals surface area contributed by atoms with Gasteiger partial charge in [0.1, 0.15) is 11.4 Å². The van der Waals surface area contributed by atoms with E-state index in [0.29, 0.717) is 0 Å². The minimum Gasteiger partial charge on any atom is -0.452 e. The second-order valence-corrected chi connectivity index (χ2v) is 30.7. The highest BCUT2D eigenvalue weighted by molar-refractivity contribution is 7.26. The average Bonchev–Trinajstić information content (AvgIpc) is 1.55. The molecule has 0 N–H and O–H groups in total. The number of fused-ring (bicyclic) bond motifs is 26. The summed E-state index contributed by atoms with van der Waals surface area (Å²) in [6.45, 7) is 0. The zero-order valence-electron chi connectivity index (χ0n) is 61.2. The standard InChI is InChI=1S/C47H31B2N7O.C47H31B2N7S/c2*1-3-15-32(16-4-1)51-37-19-7-10-22-40(37)54-42-24-12-9-21-39(42)53(48(51)54)34-27-28-45-36(31-34)35-29-30-50-47(46(35)57-45)56-44-26-14-13-25-43(44)55-41-23-11-8-20-38(41)52(49(55)56)33-17-5-2-6-18-33/h2*1-31H. The zero-order chi connectivity index (χ0) is 74.4. The maximum absolute atomic E-state index is 6.91. The van der Waals surface area contributed by atoms with Gasteiger partial charge in [-0.25, -0.2) is 9.97 Å². The summed E-state index contributed by atoms with van der Waals surface area (Å²) < 4.78 is 9.32. The van der Waals surface area contributed by atoms with Crippen molar-refractivity contribution < 1.29 is 4.42 Å². The fourth-order valence-corrected chi connectivity index (χ4v) is 20.5. The SMILES string of the molecule is c1ccc(N2B3N(c4ccc5oc6c(N7B8N(c9ccccc9)c9ccccc9N8c8ccccc87)nccc6c5c4)c4ccccc4N3c3ccccc32)cc1.c1ccc(N2B3N(c4ccc5sc6c(N7B8N(c9ccccc9)c9ccccc9N8c8ccccc87)nccc6c5c4)c4ccccc4N3c3ccccc32)cc1. The van der Waals surface area contributed by atoms with Crippen LogP contribution >= 0.6 is 11.3 Å². The molecule has 114 heavy (non-hydrogen) atoms. The lowest BCUT2D eigenvalue weighted by molar-refractivity contribution is 0.667. The molecule has 0 aliphatic carbocycles. The molecule has 14 aromatic carbocycles. The molecule has 0 fully saturated rings. The van der Waals surface area contributed by atoms with Gasteiger partial charge >= 0.3 is 28.5 Å². The number of hydrogen-bond acceptors (Lipinski definition) is 16. The number of rotatable bonds is 8. The van der Waals surface area contributed by atoms with Gasteiger partial charge in [-0.05, 0) is 194 Å². The van der Waals surface area contributed by atoms with E-state index in [0.717, 1.165) is 102 Å². The van der Waals surface area contributed by atoms with Crippen molar-refractivity contribution in [2.75, 3.05) is 57.7 Å². The number of benzene rings is 14. The summed E-state index contributed by atoms with van der Waals surface area (Å²) in [5.74, 6) is 1.74. The third-order valence-electron chi connectivity index (χ3n) is 23.8. The van der Waals surface area contributed by atoms with Crippen LogP contribution < -0.4 is 57.7 Å². The fourth-order valence-electron chi connectivity index (χ4n) is 19.3. The average molecular weight is 1480 g/mol. The van der Waals surface area contributed by atoms with Gasteiger partial charge in [0.15, 0.2) is 11.4 Å². The Hall–Kier alpha value is -14.7. The molecule has 15 nitrogen and oxygen atoms in total. The van der Waals surface area contributed by atoms with E-state index >= 15 is 0 Å². The first-order valence-corrected chi connectivity index (χ1v) is 39.5. The quantitative estimate of drug-likeness (QED) is 0.135. The molecule has 0 bridgehead atoms. The topological polar surface area (TPSA) is 77.8 Å². The number of thiophene rings is 1. The molecule has 0 unspecified atom stereocenters. The Balaban J connectivity index is 0.000000129. The van der Waals surface area contributed by atoms with Crippen LogP contribution in [-0.4, -0.2) is 38.4 Å². The lowest BCUT2D eigenvalue weighted by Gasteiger charge is -2.31. The molecular weight excluding hydrogens is 1420 g/mol. The number of hydrogen-bond donors (Lipinski definition) is 0. The van der Waals surface area contributed by atoms with E-state index in [4.69, 9.17) is 14.4 Å². The molecular formula is C94H62B4N14OS. The first-order chi connectivity index (χ1) is 56.7. The van der Waals surface area contributed by atoms with Crippen molar-refractivity contribution in [1.82, 2.24) is 9.97 Å². The monoisotopic (exact) mass is 1480 g/mol. The van der Waals surface area contributed by atoms with Crippen LogP contribution in [0, 0.1) is 0 Å². The molecule has 4 aromatic heterocycles. The van der Waals surface area contributed by atoms with Gasteiger partial charge in [0.2, 0.25) is 0 Å². The van der Waals surface area contributed by atoms with Gasteiger partial charge in [0, 0.05) is 72.8 Å². The lowest BCUT2D eigenvalue weighted by Crippen LogP contribution is -2.51. The minimum atomic E-state index is -0.232. The Kier molecular flexibility index (Phi) is 13.5. The summed E-state index contributed by atoms with van der Waals surface area (Å²) in [6.07, 6.45) is 3.92. The Morgan fingerprint density at radius 3 is 0.825 bits per heavy atom. The Bertz CT molecular complexity index is 6500. The van der Waals surface area contributed by atoms with Crippen LogP contribution in [0.5, 0.6) is 0 Å². The van der Waals surface area contributed by atoms with Crippen molar-refractivity contribution in [2.24, 2.45) is 0 Å². The van der Waals surface area contributed by atoms with E-state index in [1.807, 2.05) is 23.7 Å². The van der Waals surface area contributed by atoms with E-state index in [1.165, 1.54) is 77.0 Å². The normalized spacial score (nSPS) is 14.7. The van der Waals surface area contributed by atoms with Crippen LogP contribution in [0.3, 0.4) is 0 Å². The van der Waals surface area contributed by atoms with Gasteiger partial charge < -0.3 is 62.1 Å². The number of aromatic nitrogens is 2. The summed E-state index contributed by atoms with van der Waals surface area (Å²) >= 11 is 1.83. The first-order valence-electron chi connectivity index (χ1n) is 38.7. The first kappa shape index (κ1) is 63.1. The number of furan rings is 1.